The van der Waals surface area contributed by atoms with E-state index in [0.29, 0.717) is 16.5 Å². The number of non-ortho nitro benzene ring substituents is 1. The molecule has 2 heterocycles. The third-order valence-electron chi connectivity index (χ3n) is 4.23. The summed E-state index contributed by atoms with van der Waals surface area (Å²) in [7, 11) is 3.98. The molecule has 0 radical (unpaired) electrons. The Hall–Kier alpha value is -3.39. The van der Waals surface area contributed by atoms with Crippen LogP contribution in [0.2, 0.25) is 0 Å². The van der Waals surface area contributed by atoms with Crippen LogP contribution in [0.3, 0.4) is 0 Å². The molecule has 2 aromatic carbocycles. The van der Waals surface area contributed by atoms with Crippen LogP contribution in [0, 0.1) is 10.1 Å². The lowest BCUT2D eigenvalue weighted by atomic mass is 10.3. The molecule has 0 aliphatic rings. The van der Waals surface area contributed by atoms with Gasteiger partial charge in [0.15, 0.2) is 10.8 Å². The Morgan fingerprint density at radius 3 is 2.68 bits per heavy atom. The Morgan fingerprint density at radius 2 is 1.89 bits per heavy atom. The lowest BCUT2D eigenvalue weighted by Gasteiger charge is -2.13. The highest BCUT2D eigenvalue weighted by Gasteiger charge is 2.17. The molecule has 7 nitrogen and oxygen atoms in total. The topological polar surface area (TPSA) is 77.1 Å². The summed E-state index contributed by atoms with van der Waals surface area (Å²) in [6.45, 7) is 0. The van der Waals surface area contributed by atoms with Crippen LogP contribution in [0.25, 0.3) is 16.9 Å². The lowest BCUT2D eigenvalue weighted by Crippen LogP contribution is -2.08. The molecular formula is C20H17N5O2S. The van der Waals surface area contributed by atoms with Gasteiger partial charge in [-0.15, -0.1) is 0 Å². The maximum absolute atomic E-state index is 11.2. The highest BCUT2D eigenvalue weighted by molar-refractivity contribution is 7.99. The molecule has 0 saturated heterocycles. The van der Waals surface area contributed by atoms with Crippen molar-refractivity contribution >= 4 is 34.3 Å². The first kappa shape index (κ1) is 18.0. The van der Waals surface area contributed by atoms with Gasteiger partial charge in [-0.1, -0.05) is 23.9 Å². The van der Waals surface area contributed by atoms with Crippen LogP contribution in [0.1, 0.15) is 0 Å². The van der Waals surface area contributed by atoms with Gasteiger partial charge in [0, 0.05) is 43.0 Å². The van der Waals surface area contributed by atoms with Gasteiger partial charge in [0.1, 0.15) is 5.52 Å². The minimum atomic E-state index is -0.399. The highest BCUT2D eigenvalue weighted by Crippen LogP contribution is 2.34. The van der Waals surface area contributed by atoms with Crippen molar-refractivity contribution in [1.82, 2.24) is 14.5 Å². The number of nitro benzene ring substituents is 1. The van der Waals surface area contributed by atoms with E-state index < -0.39 is 4.92 Å². The molecule has 0 fully saturated rings. The van der Waals surface area contributed by atoms with Gasteiger partial charge in [0.2, 0.25) is 0 Å². The number of pyridine rings is 1. The van der Waals surface area contributed by atoms with Gasteiger partial charge >= 0.3 is 0 Å². The number of benzene rings is 2. The highest BCUT2D eigenvalue weighted by atomic mass is 32.2. The van der Waals surface area contributed by atoms with E-state index in [0.717, 1.165) is 16.1 Å². The molecule has 0 N–H and O–H groups in total. The second-order valence-electron chi connectivity index (χ2n) is 6.35. The summed E-state index contributed by atoms with van der Waals surface area (Å²) in [5.41, 5.74) is 3.16. The summed E-state index contributed by atoms with van der Waals surface area (Å²) >= 11 is 1.50. The van der Waals surface area contributed by atoms with E-state index in [4.69, 9.17) is 4.98 Å². The third kappa shape index (κ3) is 3.41. The summed E-state index contributed by atoms with van der Waals surface area (Å²) in [6, 6.07) is 18.3. The number of hydrogen-bond acceptors (Lipinski definition) is 6. The normalized spacial score (nSPS) is 10.9. The number of rotatable bonds is 5. The number of anilines is 1. The SMILES string of the molecule is CN(C)c1cccc(Sc2nc3cccnc3n2-c2cccc([N+](=O)[O-])c2)c1. The van der Waals surface area contributed by atoms with Crippen LogP contribution in [-0.2, 0) is 0 Å². The summed E-state index contributed by atoms with van der Waals surface area (Å²) < 4.78 is 1.86. The van der Waals surface area contributed by atoms with Crippen molar-refractivity contribution in [2.45, 2.75) is 10.1 Å². The smallest absolute Gasteiger partial charge is 0.271 e. The van der Waals surface area contributed by atoms with E-state index >= 15 is 0 Å². The number of nitrogens with zero attached hydrogens (tertiary/aromatic N) is 5. The van der Waals surface area contributed by atoms with E-state index in [1.807, 2.05) is 60.0 Å². The fraction of sp³-hybridized carbons (Fsp3) is 0.100. The fourth-order valence-electron chi connectivity index (χ4n) is 2.87. The molecule has 0 aliphatic carbocycles. The number of imidazole rings is 1. The summed E-state index contributed by atoms with van der Waals surface area (Å²) in [4.78, 5) is 23.0. The maximum atomic E-state index is 11.2. The van der Waals surface area contributed by atoms with Gasteiger partial charge in [-0.3, -0.25) is 14.7 Å². The van der Waals surface area contributed by atoms with Crippen molar-refractivity contribution in [3.63, 3.8) is 0 Å². The van der Waals surface area contributed by atoms with Crippen LogP contribution >= 0.6 is 11.8 Å². The molecule has 0 saturated carbocycles. The minimum Gasteiger partial charge on any atom is -0.378 e. The van der Waals surface area contributed by atoms with Crippen LogP contribution < -0.4 is 4.90 Å². The summed E-state index contributed by atoms with van der Waals surface area (Å²) in [6.07, 6.45) is 1.69. The molecule has 4 rings (SSSR count). The zero-order valence-electron chi connectivity index (χ0n) is 15.3. The maximum Gasteiger partial charge on any atom is 0.271 e. The van der Waals surface area contributed by atoms with Crippen LogP contribution in [0.4, 0.5) is 11.4 Å². The predicted molar refractivity (Wildman–Crippen MR) is 110 cm³/mol. The second kappa shape index (κ2) is 7.32. The molecule has 0 bridgehead atoms. The number of nitro groups is 1. The van der Waals surface area contributed by atoms with Gasteiger partial charge in [0.25, 0.3) is 5.69 Å². The molecule has 0 aliphatic heterocycles. The van der Waals surface area contributed by atoms with Crippen molar-refractivity contribution in [2.75, 3.05) is 19.0 Å². The number of aromatic nitrogens is 3. The molecule has 28 heavy (non-hydrogen) atoms. The molecule has 8 heteroatoms. The Kier molecular flexibility index (Phi) is 4.70. The van der Waals surface area contributed by atoms with E-state index in [9.17, 15) is 10.1 Å². The Labute approximate surface area is 165 Å². The average Bonchev–Trinajstić information content (AvgIpc) is 3.06. The fourth-order valence-corrected chi connectivity index (χ4v) is 3.83. The van der Waals surface area contributed by atoms with Crippen molar-refractivity contribution < 1.29 is 4.92 Å². The second-order valence-corrected chi connectivity index (χ2v) is 7.39. The van der Waals surface area contributed by atoms with E-state index in [2.05, 4.69) is 11.1 Å². The monoisotopic (exact) mass is 391 g/mol. The molecule has 4 aromatic rings. The molecule has 0 amide bonds. The molecule has 140 valence electrons. The van der Waals surface area contributed by atoms with Crippen LogP contribution in [0.5, 0.6) is 0 Å². The largest absolute Gasteiger partial charge is 0.378 e. The predicted octanol–water partition coefficient (Wildman–Crippen LogP) is 4.55. The molecule has 0 spiro atoms. The first-order chi connectivity index (χ1) is 13.5. The van der Waals surface area contributed by atoms with E-state index in [1.165, 1.54) is 23.9 Å². The Balaban J connectivity index is 1.85. The molecular weight excluding hydrogens is 374 g/mol. The van der Waals surface area contributed by atoms with Gasteiger partial charge in [-0.2, -0.15) is 0 Å². The van der Waals surface area contributed by atoms with Crippen molar-refractivity contribution in [3.05, 3.63) is 77.0 Å². The minimum absolute atomic E-state index is 0.0286. The number of fused-ring (bicyclic) bond motifs is 1. The Morgan fingerprint density at radius 1 is 1.07 bits per heavy atom. The van der Waals surface area contributed by atoms with E-state index in [-0.39, 0.29) is 5.69 Å². The lowest BCUT2D eigenvalue weighted by molar-refractivity contribution is -0.384. The van der Waals surface area contributed by atoms with Crippen LogP contribution in [-0.4, -0.2) is 33.6 Å². The van der Waals surface area contributed by atoms with Gasteiger partial charge in [-0.05, 0) is 36.4 Å². The third-order valence-corrected chi connectivity index (χ3v) is 5.17. The molecule has 2 aromatic heterocycles. The zero-order valence-corrected chi connectivity index (χ0v) is 16.1. The van der Waals surface area contributed by atoms with Crippen molar-refractivity contribution in [1.29, 1.82) is 0 Å². The van der Waals surface area contributed by atoms with Crippen molar-refractivity contribution in [2.24, 2.45) is 0 Å². The van der Waals surface area contributed by atoms with Crippen molar-refractivity contribution in [3.8, 4) is 5.69 Å². The standard InChI is InChI=1S/C20H17N5O2S/c1-23(2)14-6-4-9-17(13-14)28-20-22-18-10-5-11-21-19(18)24(20)15-7-3-8-16(12-15)25(26)27/h3-13H,1-2H3. The quantitative estimate of drug-likeness (QED) is 0.367. The van der Waals surface area contributed by atoms with Gasteiger partial charge < -0.3 is 4.90 Å². The average molecular weight is 391 g/mol. The van der Waals surface area contributed by atoms with Gasteiger partial charge in [0.05, 0.1) is 10.6 Å². The zero-order chi connectivity index (χ0) is 19.7. The Bertz CT molecular complexity index is 1170. The molecule has 0 atom stereocenters. The first-order valence-electron chi connectivity index (χ1n) is 8.56. The van der Waals surface area contributed by atoms with Crippen LogP contribution in [0.15, 0.2) is 76.9 Å². The molecule has 0 unspecified atom stereocenters. The van der Waals surface area contributed by atoms with Gasteiger partial charge in [-0.25, -0.2) is 9.97 Å². The summed E-state index contributed by atoms with van der Waals surface area (Å²) in [5.74, 6) is 0. The number of hydrogen-bond donors (Lipinski definition) is 0. The van der Waals surface area contributed by atoms with E-state index in [1.54, 1.807) is 12.3 Å². The first-order valence-corrected chi connectivity index (χ1v) is 9.38. The summed E-state index contributed by atoms with van der Waals surface area (Å²) in [5, 5.41) is 11.9.